The van der Waals surface area contributed by atoms with E-state index < -0.39 is 0 Å². The Morgan fingerprint density at radius 1 is 0.906 bits per heavy atom. The van der Waals surface area contributed by atoms with Crippen molar-refractivity contribution >= 4 is 35.0 Å². The summed E-state index contributed by atoms with van der Waals surface area (Å²) in [6.07, 6.45) is 3.12. The first-order chi connectivity index (χ1) is 15.6. The maximum absolute atomic E-state index is 13.0. The number of carbonyl (C=O) groups is 2. The number of anilines is 2. The highest BCUT2D eigenvalue weighted by atomic mass is 32.2. The van der Waals surface area contributed by atoms with E-state index in [4.69, 9.17) is 4.52 Å². The zero-order chi connectivity index (χ0) is 22.3. The molecular formula is C24H20N4O3S. The minimum absolute atomic E-state index is 0.237. The first kappa shape index (κ1) is 21.3. The lowest BCUT2D eigenvalue weighted by atomic mass is 10.2. The fourth-order valence-electron chi connectivity index (χ4n) is 2.99. The first-order valence-electron chi connectivity index (χ1n) is 9.85. The predicted molar refractivity (Wildman–Crippen MR) is 124 cm³/mol. The minimum Gasteiger partial charge on any atom is -0.360 e. The third-order valence-corrected chi connectivity index (χ3v) is 5.60. The summed E-state index contributed by atoms with van der Waals surface area (Å²) in [5, 5.41) is 9.62. The van der Waals surface area contributed by atoms with Gasteiger partial charge in [-0.2, -0.15) is 0 Å². The van der Waals surface area contributed by atoms with Crippen molar-refractivity contribution in [3.05, 3.63) is 102 Å². The van der Waals surface area contributed by atoms with Crippen molar-refractivity contribution in [1.29, 1.82) is 0 Å². The van der Waals surface area contributed by atoms with Gasteiger partial charge in [0.25, 0.3) is 11.8 Å². The highest BCUT2D eigenvalue weighted by Gasteiger charge is 2.13. The molecule has 0 radical (unpaired) electrons. The SMILES string of the molecule is Cc1cc(CSc2ccccc2C(=O)Nc2cccc(NC(=O)c3ccncc3)c2)on1. The van der Waals surface area contributed by atoms with E-state index >= 15 is 0 Å². The van der Waals surface area contributed by atoms with Crippen LogP contribution < -0.4 is 10.6 Å². The summed E-state index contributed by atoms with van der Waals surface area (Å²) in [4.78, 5) is 30.1. The van der Waals surface area contributed by atoms with E-state index in [9.17, 15) is 9.59 Å². The van der Waals surface area contributed by atoms with Crippen LogP contribution in [0.3, 0.4) is 0 Å². The van der Waals surface area contributed by atoms with Crippen LogP contribution in [0.5, 0.6) is 0 Å². The molecule has 0 fully saturated rings. The molecule has 160 valence electrons. The Morgan fingerprint density at radius 2 is 1.62 bits per heavy atom. The van der Waals surface area contributed by atoms with E-state index in [-0.39, 0.29) is 11.8 Å². The number of rotatable bonds is 7. The Bertz CT molecular complexity index is 1240. The molecule has 4 aromatic rings. The third kappa shape index (κ3) is 5.41. The second-order valence-corrected chi connectivity index (χ2v) is 7.96. The summed E-state index contributed by atoms with van der Waals surface area (Å²) < 4.78 is 5.25. The fourth-order valence-corrected chi connectivity index (χ4v) is 3.92. The second kappa shape index (κ2) is 9.93. The van der Waals surface area contributed by atoms with Crippen molar-refractivity contribution in [3.8, 4) is 0 Å². The maximum atomic E-state index is 13.0. The van der Waals surface area contributed by atoms with Gasteiger partial charge in [-0.3, -0.25) is 14.6 Å². The lowest BCUT2D eigenvalue weighted by Gasteiger charge is -2.11. The molecule has 0 unspecified atom stereocenters. The van der Waals surface area contributed by atoms with Gasteiger partial charge in [0.2, 0.25) is 0 Å². The average molecular weight is 445 g/mol. The Morgan fingerprint density at radius 3 is 2.34 bits per heavy atom. The molecule has 0 saturated carbocycles. The summed E-state index contributed by atoms with van der Waals surface area (Å²) in [5.74, 6) is 0.835. The molecule has 2 heterocycles. The van der Waals surface area contributed by atoms with Crippen LogP contribution in [-0.4, -0.2) is 22.0 Å². The highest BCUT2D eigenvalue weighted by Crippen LogP contribution is 2.27. The van der Waals surface area contributed by atoms with Crippen molar-refractivity contribution in [1.82, 2.24) is 10.1 Å². The van der Waals surface area contributed by atoms with Crippen LogP contribution in [0.2, 0.25) is 0 Å². The fraction of sp³-hybridized carbons (Fsp3) is 0.0833. The molecule has 0 aliphatic heterocycles. The Labute approximate surface area is 189 Å². The Kier molecular flexibility index (Phi) is 6.62. The molecular weight excluding hydrogens is 424 g/mol. The quantitative estimate of drug-likeness (QED) is 0.382. The zero-order valence-corrected chi connectivity index (χ0v) is 18.1. The van der Waals surface area contributed by atoms with Crippen LogP contribution in [0.4, 0.5) is 11.4 Å². The molecule has 2 amide bonds. The number of pyridine rings is 1. The monoisotopic (exact) mass is 444 g/mol. The van der Waals surface area contributed by atoms with Gasteiger partial charge in [0, 0.05) is 40.3 Å². The Balaban J connectivity index is 1.44. The van der Waals surface area contributed by atoms with Crippen LogP contribution in [0.15, 0.2) is 88.5 Å². The van der Waals surface area contributed by atoms with Crippen molar-refractivity contribution in [2.75, 3.05) is 10.6 Å². The standard InChI is InChI=1S/C24H20N4O3S/c1-16-13-20(31-28-16)15-32-22-8-3-2-7-21(22)24(30)27-19-6-4-5-18(14-19)26-23(29)17-9-11-25-12-10-17/h2-14H,15H2,1H3,(H,26,29)(H,27,30). The third-order valence-electron chi connectivity index (χ3n) is 4.50. The van der Waals surface area contributed by atoms with Gasteiger partial charge < -0.3 is 15.2 Å². The topological polar surface area (TPSA) is 97.1 Å². The van der Waals surface area contributed by atoms with Crippen LogP contribution >= 0.6 is 11.8 Å². The molecule has 0 atom stereocenters. The molecule has 2 N–H and O–H groups in total. The van der Waals surface area contributed by atoms with Crippen LogP contribution in [0.25, 0.3) is 0 Å². The number of aromatic nitrogens is 2. The smallest absolute Gasteiger partial charge is 0.256 e. The average Bonchev–Trinajstić information content (AvgIpc) is 3.23. The molecule has 4 rings (SSSR count). The van der Waals surface area contributed by atoms with E-state index in [0.29, 0.717) is 28.3 Å². The Hall–Kier alpha value is -3.91. The summed E-state index contributed by atoms with van der Waals surface area (Å²) in [6.45, 7) is 1.87. The highest BCUT2D eigenvalue weighted by molar-refractivity contribution is 7.98. The van der Waals surface area contributed by atoms with Crippen LogP contribution in [-0.2, 0) is 5.75 Å². The van der Waals surface area contributed by atoms with Crippen LogP contribution in [0, 0.1) is 6.92 Å². The molecule has 0 saturated heterocycles. The van der Waals surface area contributed by atoms with E-state index in [0.717, 1.165) is 16.3 Å². The normalized spacial score (nSPS) is 10.5. The number of hydrogen-bond donors (Lipinski definition) is 2. The predicted octanol–water partition coefficient (Wildman–Crippen LogP) is 5.17. The number of nitrogens with zero attached hydrogens (tertiary/aromatic N) is 2. The van der Waals surface area contributed by atoms with Gasteiger partial charge in [0.05, 0.1) is 17.0 Å². The summed E-state index contributed by atoms with van der Waals surface area (Å²) in [5.41, 5.74) is 3.03. The molecule has 7 nitrogen and oxygen atoms in total. The van der Waals surface area contributed by atoms with Gasteiger partial charge >= 0.3 is 0 Å². The molecule has 0 spiro atoms. The molecule has 8 heteroatoms. The van der Waals surface area contributed by atoms with Gasteiger partial charge in [-0.25, -0.2) is 0 Å². The molecule has 32 heavy (non-hydrogen) atoms. The lowest BCUT2D eigenvalue weighted by molar-refractivity contribution is 0.101. The number of nitrogens with one attached hydrogen (secondary N) is 2. The minimum atomic E-state index is -0.250. The van der Waals surface area contributed by atoms with Crippen molar-refractivity contribution in [3.63, 3.8) is 0 Å². The maximum Gasteiger partial charge on any atom is 0.256 e. The van der Waals surface area contributed by atoms with Gasteiger partial charge in [0.15, 0.2) is 0 Å². The van der Waals surface area contributed by atoms with E-state index in [1.165, 1.54) is 11.8 Å². The zero-order valence-electron chi connectivity index (χ0n) is 17.2. The van der Waals surface area contributed by atoms with E-state index in [2.05, 4.69) is 20.8 Å². The second-order valence-electron chi connectivity index (χ2n) is 6.94. The van der Waals surface area contributed by atoms with Gasteiger partial charge in [0.1, 0.15) is 5.76 Å². The van der Waals surface area contributed by atoms with E-state index in [1.807, 2.05) is 31.2 Å². The van der Waals surface area contributed by atoms with Gasteiger partial charge in [-0.05, 0) is 49.4 Å². The molecule has 0 aliphatic carbocycles. The molecule has 2 aromatic carbocycles. The number of benzene rings is 2. The van der Waals surface area contributed by atoms with Gasteiger partial charge in [-0.15, -0.1) is 11.8 Å². The van der Waals surface area contributed by atoms with Crippen molar-refractivity contribution in [2.24, 2.45) is 0 Å². The molecule has 2 aromatic heterocycles. The number of thioether (sulfide) groups is 1. The number of hydrogen-bond acceptors (Lipinski definition) is 6. The molecule has 0 bridgehead atoms. The summed E-state index contributed by atoms with van der Waals surface area (Å²) in [7, 11) is 0. The van der Waals surface area contributed by atoms with Gasteiger partial charge in [-0.1, -0.05) is 23.4 Å². The number of carbonyl (C=O) groups excluding carboxylic acids is 2. The largest absolute Gasteiger partial charge is 0.360 e. The lowest BCUT2D eigenvalue weighted by Crippen LogP contribution is -2.14. The van der Waals surface area contributed by atoms with E-state index in [1.54, 1.807) is 54.9 Å². The van der Waals surface area contributed by atoms with Crippen molar-refractivity contribution < 1.29 is 14.1 Å². The summed E-state index contributed by atoms with van der Waals surface area (Å²) >= 11 is 1.50. The number of aryl methyl sites for hydroxylation is 1. The first-order valence-corrected chi connectivity index (χ1v) is 10.8. The summed E-state index contributed by atoms with van der Waals surface area (Å²) in [6, 6.07) is 19.5. The van der Waals surface area contributed by atoms with Crippen molar-refractivity contribution in [2.45, 2.75) is 17.6 Å². The molecule has 0 aliphatic rings. The van der Waals surface area contributed by atoms with Crippen LogP contribution in [0.1, 0.15) is 32.2 Å². The number of amides is 2.